The highest BCUT2D eigenvalue weighted by Crippen LogP contribution is 2.52. The molecule has 196 valence electrons. The number of ether oxygens (including phenoxy) is 1. The van der Waals surface area contributed by atoms with Crippen LogP contribution in [0, 0.1) is 0 Å². The fourth-order valence-electron chi connectivity index (χ4n) is 4.20. The number of carbonyl (C=O) groups is 1. The van der Waals surface area contributed by atoms with Gasteiger partial charge in [0.2, 0.25) is 0 Å². The Hall–Kier alpha value is -3.22. The number of amides is 1. The van der Waals surface area contributed by atoms with Crippen molar-refractivity contribution in [1.82, 2.24) is 10.3 Å². The third-order valence-corrected chi connectivity index (χ3v) is 8.51. The molecular formula is C32H34N2O2S2. The predicted molar refractivity (Wildman–Crippen MR) is 159 cm³/mol. The van der Waals surface area contributed by atoms with Crippen molar-refractivity contribution in [3.05, 3.63) is 132 Å². The van der Waals surface area contributed by atoms with Crippen LogP contribution in [0.15, 0.2) is 114 Å². The van der Waals surface area contributed by atoms with Gasteiger partial charge in [0, 0.05) is 16.8 Å². The van der Waals surface area contributed by atoms with Gasteiger partial charge in [-0.15, -0.1) is 23.5 Å². The molecule has 0 saturated carbocycles. The molecule has 3 aromatic carbocycles. The lowest BCUT2D eigenvalue weighted by Gasteiger charge is -2.36. The first-order valence-corrected chi connectivity index (χ1v) is 14.5. The van der Waals surface area contributed by atoms with Crippen molar-refractivity contribution < 1.29 is 9.53 Å². The van der Waals surface area contributed by atoms with Gasteiger partial charge < -0.3 is 10.1 Å². The van der Waals surface area contributed by atoms with Crippen LogP contribution in [0.5, 0.6) is 0 Å². The van der Waals surface area contributed by atoms with E-state index in [9.17, 15) is 4.79 Å². The van der Waals surface area contributed by atoms with E-state index in [0.29, 0.717) is 5.75 Å². The molecule has 1 heterocycles. The lowest BCUT2D eigenvalue weighted by molar-refractivity contribution is 0.0525. The minimum Gasteiger partial charge on any atom is -0.444 e. The number of carbonyl (C=O) groups excluding carboxylic acids is 1. The van der Waals surface area contributed by atoms with Crippen molar-refractivity contribution >= 4 is 29.6 Å². The summed E-state index contributed by atoms with van der Waals surface area (Å²) in [6.07, 6.45) is 1.42. The molecule has 1 amide bonds. The Kier molecular flexibility index (Phi) is 9.18. The van der Waals surface area contributed by atoms with Crippen LogP contribution in [-0.4, -0.2) is 22.1 Å². The number of pyridine rings is 1. The SMILES string of the molecule is CC(NC(=O)OC(C)(C)C)SCc1ncccc1SC(c1ccccc1)(c1ccccc1)c1ccccc1. The summed E-state index contributed by atoms with van der Waals surface area (Å²) in [6, 6.07) is 36.1. The summed E-state index contributed by atoms with van der Waals surface area (Å²) >= 11 is 3.43. The number of alkyl carbamates (subject to hydrolysis) is 1. The summed E-state index contributed by atoms with van der Waals surface area (Å²) in [4.78, 5) is 18.1. The van der Waals surface area contributed by atoms with Crippen molar-refractivity contribution in [1.29, 1.82) is 0 Å². The zero-order valence-corrected chi connectivity index (χ0v) is 23.9. The van der Waals surface area contributed by atoms with Gasteiger partial charge in [0.25, 0.3) is 0 Å². The lowest BCUT2D eigenvalue weighted by Crippen LogP contribution is -2.36. The fourth-order valence-corrected chi connectivity index (χ4v) is 6.59. The van der Waals surface area contributed by atoms with Crippen LogP contribution in [-0.2, 0) is 15.2 Å². The third kappa shape index (κ3) is 7.00. The van der Waals surface area contributed by atoms with Gasteiger partial charge >= 0.3 is 6.09 Å². The number of aromatic nitrogens is 1. The third-order valence-electron chi connectivity index (χ3n) is 5.84. The maximum atomic E-state index is 12.2. The van der Waals surface area contributed by atoms with Crippen molar-refractivity contribution in [3.8, 4) is 0 Å². The second-order valence-corrected chi connectivity index (χ2v) is 12.5. The Morgan fingerprint density at radius 3 is 1.79 bits per heavy atom. The Balaban J connectivity index is 1.68. The minimum absolute atomic E-state index is 0.133. The molecule has 1 unspecified atom stereocenters. The Bertz CT molecular complexity index is 1210. The predicted octanol–water partition coefficient (Wildman–Crippen LogP) is 8.27. The topological polar surface area (TPSA) is 51.2 Å². The second kappa shape index (κ2) is 12.5. The molecule has 1 atom stereocenters. The van der Waals surface area contributed by atoms with Gasteiger partial charge in [0.05, 0.1) is 15.8 Å². The van der Waals surface area contributed by atoms with Crippen molar-refractivity contribution in [3.63, 3.8) is 0 Å². The zero-order valence-electron chi connectivity index (χ0n) is 22.3. The number of thioether (sulfide) groups is 2. The van der Waals surface area contributed by atoms with E-state index < -0.39 is 16.4 Å². The summed E-state index contributed by atoms with van der Waals surface area (Å²) in [5, 5.41) is 2.79. The van der Waals surface area contributed by atoms with Gasteiger partial charge in [-0.25, -0.2) is 4.79 Å². The molecule has 0 aliphatic rings. The van der Waals surface area contributed by atoms with E-state index in [0.717, 1.165) is 10.6 Å². The number of hydrogen-bond acceptors (Lipinski definition) is 5. The minimum atomic E-state index is -0.533. The average Bonchev–Trinajstić information content (AvgIpc) is 2.91. The van der Waals surface area contributed by atoms with Gasteiger partial charge in [-0.3, -0.25) is 4.98 Å². The van der Waals surface area contributed by atoms with Crippen LogP contribution >= 0.6 is 23.5 Å². The Morgan fingerprint density at radius 2 is 1.32 bits per heavy atom. The molecule has 4 aromatic rings. The molecular weight excluding hydrogens is 508 g/mol. The molecule has 0 radical (unpaired) electrons. The van der Waals surface area contributed by atoms with Gasteiger partial charge in [-0.2, -0.15) is 0 Å². The number of nitrogens with zero attached hydrogens (tertiary/aromatic N) is 1. The number of rotatable bonds is 9. The molecule has 0 aliphatic heterocycles. The number of hydrogen-bond donors (Lipinski definition) is 1. The Morgan fingerprint density at radius 1 is 0.816 bits per heavy atom. The standard InChI is InChI=1S/C32H34N2O2S2/c1-24(34-30(35)36-31(2,3)4)37-23-28-29(21-14-22-33-28)38-32(25-15-8-5-9-16-25,26-17-10-6-11-18-26)27-19-12-7-13-20-27/h5-22,24H,23H2,1-4H3,(H,34,35). The maximum Gasteiger partial charge on any atom is 0.408 e. The summed E-state index contributed by atoms with van der Waals surface area (Å²) in [5.74, 6) is 0.647. The van der Waals surface area contributed by atoms with Crippen LogP contribution in [0.1, 0.15) is 50.1 Å². The first-order chi connectivity index (χ1) is 18.3. The van der Waals surface area contributed by atoms with Gasteiger partial charge in [-0.1, -0.05) is 91.0 Å². The van der Waals surface area contributed by atoms with E-state index in [2.05, 4.69) is 102 Å². The van der Waals surface area contributed by atoms with E-state index in [1.807, 2.05) is 51.7 Å². The largest absolute Gasteiger partial charge is 0.444 e. The highest BCUT2D eigenvalue weighted by Gasteiger charge is 2.38. The molecule has 1 N–H and O–H groups in total. The maximum absolute atomic E-state index is 12.2. The van der Waals surface area contributed by atoms with Gasteiger partial charge in [0.15, 0.2) is 0 Å². The smallest absolute Gasteiger partial charge is 0.408 e. The molecule has 4 rings (SSSR count). The van der Waals surface area contributed by atoms with Crippen molar-refractivity contribution in [2.45, 2.75) is 54.1 Å². The van der Waals surface area contributed by atoms with E-state index in [-0.39, 0.29) is 5.37 Å². The first-order valence-electron chi connectivity index (χ1n) is 12.7. The van der Waals surface area contributed by atoms with Gasteiger partial charge in [0.1, 0.15) is 5.60 Å². The van der Waals surface area contributed by atoms with Crippen LogP contribution in [0.3, 0.4) is 0 Å². The van der Waals surface area contributed by atoms with Crippen molar-refractivity contribution in [2.75, 3.05) is 0 Å². The summed E-state index contributed by atoms with van der Waals surface area (Å²) in [5.41, 5.74) is 4.04. The quantitative estimate of drug-likeness (QED) is 0.131. The average molecular weight is 543 g/mol. The molecule has 0 bridgehead atoms. The highest BCUT2D eigenvalue weighted by molar-refractivity contribution is 8.01. The van der Waals surface area contributed by atoms with Crippen molar-refractivity contribution in [2.24, 2.45) is 0 Å². The summed E-state index contributed by atoms with van der Waals surface area (Å²) < 4.78 is 4.93. The van der Waals surface area contributed by atoms with E-state index in [1.54, 1.807) is 11.8 Å². The zero-order chi connectivity index (χ0) is 27.0. The van der Waals surface area contributed by atoms with Crippen LogP contribution in [0.4, 0.5) is 4.79 Å². The fraction of sp³-hybridized carbons (Fsp3) is 0.250. The molecule has 0 aliphatic carbocycles. The second-order valence-electron chi connectivity index (χ2n) is 9.93. The number of nitrogens with one attached hydrogen (secondary N) is 1. The van der Waals surface area contributed by atoms with E-state index in [1.165, 1.54) is 16.7 Å². The van der Waals surface area contributed by atoms with Crippen LogP contribution < -0.4 is 5.32 Å². The lowest BCUT2D eigenvalue weighted by atomic mass is 9.84. The molecule has 0 fully saturated rings. The number of benzene rings is 3. The Labute approximate surface area is 234 Å². The molecule has 0 saturated heterocycles. The summed E-state index contributed by atoms with van der Waals surface area (Å²) in [6.45, 7) is 7.55. The highest BCUT2D eigenvalue weighted by atomic mass is 32.2. The summed E-state index contributed by atoms with van der Waals surface area (Å²) in [7, 11) is 0. The molecule has 6 heteroatoms. The molecule has 4 nitrogen and oxygen atoms in total. The van der Waals surface area contributed by atoms with E-state index >= 15 is 0 Å². The molecule has 38 heavy (non-hydrogen) atoms. The monoisotopic (exact) mass is 542 g/mol. The van der Waals surface area contributed by atoms with Crippen LogP contribution in [0.2, 0.25) is 0 Å². The van der Waals surface area contributed by atoms with E-state index in [4.69, 9.17) is 9.72 Å². The van der Waals surface area contributed by atoms with Gasteiger partial charge in [-0.05, 0) is 56.5 Å². The molecule has 0 spiro atoms. The molecule has 1 aromatic heterocycles. The normalized spacial score (nSPS) is 12.5. The first kappa shape index (κ1) is 27.8. The van der Waals surface area contributed by atoms with Crippen LogP contribution in [0.25, 0.3) is 0 Å².